The van der Waals surface area contributed by atoms with Gasteiger partial charge in [0, 0.05) is 5.56 Å². The molecule has 0 amide bonds. The maximum atomic E-state index is 4.16. The summed E-state index contributed by atoms with van der Waals surface area (Å²) in [6, 6.07) is 16.3. The Bertz CT molecular complexity index is 901. The lowest BCUT2D eigenvalue weighted by Crippen LogP contribution is -1.94. The molecule has 0 N–H and O–H groups in total. The summed E-state index contributed by atoms with van der Waals surface area (Å²) >= 11 is 0. The Hall–Kier alpha value is -3.41. The molecule has 2 heterocycles. The normalized spacial score (nSPS) is 10.6. The van der Waals surface area contributed by atoms with Gasteiger partial charge in [-0.15, -0.1) is 0 Å². The van der Waals surface area contributed by atoms with Crippen LogP contribution in [-0.2, 0) is 0 Å². The fourth-order valence-electron chi connectivity index (χ4n) is 2.37. The second-order valence-electron chi connectivity index (χ2n) is 4.93. The summed E-state index contributed by atoms with van der Waals surface area (Å²) in [6.45, 7) is 0. The predicted octanol–water partition coefficient (Wildman–Crippen LogP) is 2.79. The van der Waals surface area contributed by atoms with Gasteiger partial charge in [0.25, 0.3) is 0 Å². The second-order valence-corrected chi connectivity index (χ2v) is 4.93. The molecule has 0 radical (unpaired) electrons. The molecule has 0 spiro atoms. The summed E-state index contributed by atoms with van der Waals surface area (Å²) in [5.74, 6) is 0.669. The molecule has 2 aromatic heterocycles. The third kappa shape index (κ3) is 2.69. The largest absolute Gasteiger partial charge is 0.225 e. The van der Waals surface area contributed by atoms with E-state index in [0.717, 1.165) is 22.4 Å². The Balaban J connectivity index is 1.68. The van der Waals surface area contributed by atoms with Crippen molar-refractivity contribution in [1.82, 2.24) is 29.7 Å². The quantitative estimate of drug-likeness (QED) is 0.582. The van der Waals surface area contributed by atoms with Crippen molar-refractivity contribution in [3.63, 3.8) is 0 Å². The molecule has 0 saturated carbocycles. The molecule has 0 bridgehead atoms. The maximum absolute atomic E-state index is 4.16. The van der Waals surface area contributed by atoms with E-state index in [2.05, 4.69) is 49.3 Å². The van der Waals surface area contributed by atoms with Crippen molar-refractivity contribution < 1.29 is 0 Å². The van der Waals surface area contributed by atoms with Crippen LogP contribution in [0.15, 0.2) is 73.8 Å². The SMILES string of the molecule is c1cc(-c2ccc(-c3ncncn3)cc2)cc(-n2cncn2)c1. The van der Waals surface area contributed by atoms with E-state index in [9.17, 15) is 0 Å². The van der Waals surface area contributed by atoms with Gasteiger partial charge < -0.3 is 0 Å². The number of rotatable bonds is 3. The van der Waals surface area contributed by atoms with Gasteiger partial charge in [-0.1, -0.05) is 36.4 Å². The van der Waals surface area contributed by atoms with Crippen molar-refractivity contribution in [2.24, 2.45) is 0 Å². The highest BCUT2D eigenvalue weighted by Gasteiger charge is 2.04. The average molecular weight is 300 g/mol. The highest BCUT2D eigenvalue weighted by Crippen LogP contribution is 2.24. The first-order chi connectivity index (χ1) is 11.4. The van der Waals surface area contributed by atoms with E-state index in [0.29, 0.717) is 5.82 Å². The standard InChI is InChI=1S/C17H12N6/c1-2-15(8-16(3-1)23-12-19-11-22-23)13-4-6-14(7-5-13)17-20-9-18-10-21-17/h1-12H. The number of benzene rings is 2. The first-order valence-electron chi connectivity index (χ1n) is 7.08. The maximum Gasteiger partial charge on any atom is 0.162 e. The van der Waals surface area contributed by atoms with Crippen LogP contribution in [0.25, 0.3) is 28.2 Å². The van der Waals surface area contributed by atoms with Crippen molar-refractivity contribution in [3.05, 3.63) is 73.8 Å². The molecule has 0 saturated heterocycles. The molecule has 110 valence electrons. The summed E-state index contributed by atoms with van der Waals surface area (Å²) in [7, 11) is 0. The van der Waals surface area contributed by atoms with Crippen LogP contribution in [-0.4, -0.2) is 29.7 Å². The third-order valence-corrected chi connectivity index (χ3v) is 3.50. The topological polar surface area (TPSA) is 69.4 Å². The number of hydrogen-bond donors (Lipinski definition) is 0. The molecule has 0 unspecified atom stereocenters. The number of hydrogen-bond acceptors (Lipinski definition) is 5. The van der Waals surface area contributed by atoms with Crippen molar-refractivity contribution in [1.29, 1.82) is 0 Å². The summed E-state index contributed by atoms with van der Waals surface area (Å²) in [4.78, 5) is 16.1. The fourth-order valence-corrected chi connectivity index (χ4v) is 2.37. The Labute approximate surface area is 132 Å². The molecule has 23 heavy (non-hydrogen) atoms. The average Bonchev–Trinajstić information content (AvgIpc) is 3.18. The Morgan fingerprint density at radius 2 is 1.48 bits per heavy atom. The highest BCUT2D eigenvalue weighted by molar-refractivity contribution is 5.69. The van der Waals surface area contributed by atoms with Gasteiger partial charge in [-0.2, -0.15) is 5.10 Å². The van der Waals surface area contributed by atoms with E-state index in [-0.39, 0.29) is 0 Å². The van der Waals surface area contributed by atoms with Crippen LogP contribution in [0, 0.1) is 0 Å². The minimum atomic E-state index is 0.669. The van der Waals surface area contributed by atoms with Crippen molar-refractivity contribution >= 4 is 0 Å². The molecule has 4 rings (SSSR count). The zero-order chi connectivity index (χ0) is 15.5. The van der Waals surface area contributed by atoms with E-state index >= 15 is 0 Å². The molecule has 0 aliphatic rings. The van der Waals surface area contributed by atoms with Gasteiger partial charge in [0.1, 0.15) is 25.3 Å². The summed E-state index contributed by atoms with van der Waals surface area (Å²) in [6.07, 6.45) is 6.20. The van der Waals surface area contributed by atoms with Crippen molar-refractivity contribution in [2.45, 2.75) is 0 Å². The smallest absolute Gasteiger partial charge is 0.162 e. The minimum absolute atomic E-state index is 0.669. The van der Waals surface area contributed by atoms with E-state index in [1.165, 1.54) is 19.0 Å². The van der Waals surface area contributed by atoms with Gasteiger partial charge >= 0.3 is 0 Å². The summed E-state index contributed by atoms with van der Waals surface area (Å²) in [5, 5.41) is 4.16. The second kappa shape index (κ2) is 5.76. The van der Waals surface area contributed by atoms with Gasteiger partial charge in [0.05, 0.1) is 5.69 Å². The van der Waals surface area contributed by atoms with Gasteiger partial charge in [-0.05, 0) is 23.3 Å². The molecule has 4 aromatic rings. The van der Waals surface area contributed by atoms with E-state index in [1.807, 2.05) is 24.3 Å². The highest BCUT2D eigenvalue weighted by atomic mass is 15.3. The number of aromatic nitrogens is 6. The first kappa shape index (κ1) is 13.3. The van der Waals surface area contributed by atoms with Crippen LogP contribution < -0.4 is 0 Å². The van der Waals surface area contributed by atoms with Crippen LogP contribution >= 0.6 is 0 Å². The molecule has 0 aliphatic carbocycles. The van der Waals surface area contributed by atoms with Crippen LogP contribution in [0.1, 0.15) is 0 Å². The lowest BCUT2D eigenvalue weighted by molar-refractivity contribution is 0.879. The van der Waals surface area contributed by atoms with E-state index in [1.54, 1.807) is 11.0 Å². The Morgan fingerprint density at radius 3 is 2.22 bits per heavy atom. The van der Waals surface area contributed by atoms with Crippen LogP contribution in [0.3, 0.4) is 0 Å². The van der Waals surface area contributed by atoms with Crippen LogP contribution in [0.4, 0.5) is 0 Å². The fraction of sp³-hybridized carbons (Fsp3) is 0. The van der Waals surface area contributed by atoms with Gasteiger partial charge in [-0.25, -0.2) is 24.6 Å². The predicted molar refractivity (Wildman–Crippen MR) is 85.6 cm³/mol. The Morgan fingerprint density at radius 1 is 0.696 bits per heavy atom. The Kier molecular flexibility index (Phi) is 3.32. The molecule has 0 atom stereocenters. The number of nitrogens with zero attached hydrogens (tertiary/aromatic N) is 6. The summed E-state index contributed by atoms with van der Waals surface area (Å²) in [5.41, 5.74) is 4.16. The minimum Gasteiger partial charge on any atom is -0.225 e. The molecule has 0 aliphatic heterocycles. The lowest BCUT2D eigenvalue weighted by Gasteiger charge is -2.06. The van der Waals surface area contributed by atoms with Gasteiger partial charge in [0.2, 0.25) is 0 Å². The monoisotopic (exact) mass is 300 g/mol. The third-order valence-electron chi connectivity index (χ3n) is 3.50. The molecular weight excluding hydrogens is 288 g/mol. The van der Waals surface area contributed by atoms with E-state index < -0.39 is 0 Å². The molecule has 6 nitrogen and oxygen atoms in total. The van der Waals surface area contributed by atoms with Crippen LogP contribution in [0.5, 0.6) is 0 Å². The zero-order valence-electron chi connectivity index (χ0n) is 12.1. The van der Waals surface area contributed by atoms with E-state index in [4.69, 9.17) is 0 Å². The van der Waals surface area contributed by atoms with Gasteiger partial charge in [-0.3, -0.25) is 0 Å². The first-order valence-corrected chi connectivity index (χ1v) is 7.08. The molecule has 0 fully saturated rings. The van der Waals surface area contributed by atoms with Crippen LogP contribution in [0.2, 0.25) is 0 Å². The molecular formula is C17H12N6. The lowest BCUT2D eigenvalue weighted by atomic mass is 10.0. The summed E-state index contributed by atoms with van der Waals surface area (Å²) < 4.78 is 1.74. The van der Waals surface area contributed by atoms with Crippen molar-refractivity contribution in [3.8, 4) is 28.2 Å². The van der Waals surface area contributed by atoms with Gasteiger partial charge in [0.15, 0.2) is 5.82 Å². The van der Waals surface area contributed by atoms with Crippen molar-refractivity contribution in [2.75, 3.05) is 0 Å². The zero-order valence-corrected chi connectivity index (χ0v) is 12.1. The molecule has 6 heteroatoms. The molecule has 2 aromatic carbocycles.